The van der Waals surface area contributed by atoms with Gasteiger partial charge in [-0.05, 0) is 35.7 Å². The SMILES string of the molecule is CC1(C)OC[C@H]([C@H]2OC[C@H](O[Si](c3ccccc3)(c3ccccc3)C(C)(C)C)[C@@H]2CCOS(C)(=O)=O)O1. The minimum absolute atomic E-state index is 0.0565. The Morgan fingerprint density at radius 1 is 0.973 bits per heavy atom. The van der Waals surface area contributed by atoms with Crippen LogP contribution in [0.5, 0.6) is 0 Å². The lowest BCUT2D eigenvalue weighted by Crippen LogP contribution is -2.68. The first-order chi connectivity index (χ1) is 17.3. The van der Waals surface area contributed by atoms with E-state index in [4.69, 9.17) is 22.8 Å². The molecule has 0 bridgehead atoms. The summed E-state index contributed by atoms with van der Waals surface area (Å²) in [6.07, 6.45) is 0.689. The largest absolute Gasteiger partial charge is 0.402 e. The fraction of sp³-hybridized carbons (Fsp3) is 0.571. The molecule has 0 radical (unpaired) electrons. The predicted octanol–water partition coefficient (Wildman–Crippen LogP) is 3.46. The molecule has 0 N–H and O–H groups in total. The summed E-state index contributed by atoms with van der Waals surface area (Å²) in [5.41, 5.74) is 0. The van der Waals surface area contributed by atoms with Crippen LogP contribution in [0, 0.1) is 5.92 Å². The molecule has 0 spiro atoms. The zero-order chi connectivity index (χ0) is 26.9. The van der Waals surface area contributed by atoms with Crippen molar-refractivity contribution in [2.24, 2.45) is 5.92 Å². The van der Waals surface area contributed by atoms with Crippen LogP contribution in [0.1, 0.15) is 41.0 Å². The van der Waals surface area contributed by atoms with E-state index in [9.17, 15) is 8.42 Å². The molecule has 2 heterocycles. The Hall–Kier alpha value is -1.59. The summed E-state index contributed by atoms with van der Waals surface area (Å²) in [5, 5.41) is 2.17. The van der Waals surface area contributed by atoms with Crippen molar-refractivity contribution in [2.75, 3.05) is 26.1 Å². The van der Waals surface area contributed by atoms with Crippen LogP contribution in [0.2, 0.25) is 5.04 Å². The van der Waals surface area contributed by atoms with E-state index in [2.05, 4.69) is 69.3 Å². The molecule has 2 saturated heterocycles. The quantitative estimate of drug-likeness (QED) is 0.351. The van der Waals surface area contributed by atoms with Gasteiger partial charge < -0.3 is 18.6 Å². The van der Waals surface area contributed by atoms with Crippen LogP contribution in [0.4, 0.5) is 0 Å². The molecule has 9 heteroatoms. The van der Waals surface area contributed by atoms with Gasteiger partial charge in [0.05, 0.1) is 38.3 Å². The summed E-state index contributed by atoms with van der Waals surface area (Å²) in [5.74, 6) is -0.829. The van der Waals surface area contributed by atoms with E-state index < -0.39 is 24.2 Å². The highest BCUT2D eigenvalue weighted by Crippen LogP contribution is 2.42. The summed E-state index contributed by atoms with van der Waals surface area (Å²) in [7, 11) is -6.40. The average molecular weight is 549 g/mol. The topological polar surface area (TPSA) is 80.3 Å². The van der Waals surface area contributed by atoms with Crippen molar-refractivity contribution >= 4 is 28.8 Å². The Bertz CT molecular complexity index is 1090. The summed E-state index contributed by atoms with van der Waals surface area (Å²) in [6.45, 7) is 11.4. The van der Waals surface area contributed by atoms with E-state index in [1.807, 2.05) is 26.0 Å². The number of rotatable bonds is 9. The predicted molar refractivity (Wildman–Crippen MR) is 146 cm³/mol. The van der Waals surface area contributed by atoms with Crippen molar-refractivity contribution in [1.82, 2.24) is 0 Å². The number of hydrogen-bond acceptors (Lipinski definition) is 7. The lowest BCUT2D eigenvalue weighted by Gasteiger charge is -2.45. The van der Waals surface area contributed by atoms with Crippen LogP contribution in [0.15, 0.2) is 60.7 Å². The molecule has 0 aliphatic carbocycles. The van der Waals surface area contributed by atoms with Crippen molar-refractivity contribution in [3.05, 3.63) is 60.7 Å². The Kier molecular flexibility index (Phi) is 8.36. The van der Waals surface area contributed by atoms with Crippen LogP contribution in [0.25, 0.3) is 0 Å². The molecule has 4 atom stereocenters. The number of benzene rings is 2. The molecule has 4 rings (SSSR count). The second kappa shape index (κ2) is 10.9. The Labute approximate surface area is 222 Å². The molecule has 37 heavy (non-hydrogen) atoms. The van der Waals surface area contributed by atoms with Gasteiger partial charge in [0.2, 0.25) is 0 Å². The molecule has 2 aliphatic rings. The van der Waals surface area contributed by atoms with Gasteiger partial charge in [-0.25, -0.2) is 0 Å². The van der Waals surface area contributed by atoms with E-state index in [1.54, 1.807) is 0 Å². The molecule has 0 amide bonds. The molecule has 0 aromatic heterocycles. The maximum absolute atomic E-state index is 11.7. The van der Waals surface area contributed by atoms with Gasteiger partial charge in [0.25, 0.3) is 18.4 Å². The van der Waals surface area contributed by atoms with Gasteiger partial charge in [0, 0.05) is 5.92 Å². The minimum atomic E-state index is -3.56. The van der Waals surface area contributed by atoms with E-state index in [0.717, 1.165) is 6.26 Å². The first kappa shape index (κ1) is 28.4. The van der Waals surface area contributed by atoms with Gasteiger partial charge in [0.1, 0.15) is 6.10 Å². The maximum Gasteiger partial charge on any atom is 0.264 e. The van der Waals surface area contributed by atoms with Crippen LogP contribution < -0.4 is 10.4 Å². The third-order valence-electron chi connectivity index (χ3n) is 7.24. The van der Waals surface area contributed by atoms with E-state index in [0.29, 0.717) is 19.6 Å². The lowest BCUT2D eigenvalue weighted by atomic mass is 9.92. The molecule has 0 unspecified atom stereocenters. The molecule has 2 fully saturated rings. The molecule has 2 aliphatic heterocycles. The third-order valence-corrected chi connectivity index (χ3v) is 12.9. The first-order valence-electron chi connectivity index (χ1n) is 12.9. The summed E-state index contributed by atoms with van der Waals surface area (Å²) in [4.78, 5) is 0. The second-order valence-corrected chi connectivity index (χ2v) is 17.4. The zero-order valence-electron chi connectivity index (χ0n) is 22.7. The van der Waals surface area contributed by atoms with Gasteiger partial charge in [-0.15, -0.1) is 0 Å². The van der Waals surface area contributed by atoms with Crippen LogP contribution in [0.3, 0.4) is 0 Å². The summed E-state index contributed by atoms with van der Waals surface area (Å²) < 4.78 is 54.3. The van der Waals surface area contributed by atoms with Crippen molar-refractivity contribution in [3.63, 3.8) is 0 Å². The molecule has 2 aromatic rings. The zero-order valence-corrected chi connectivity index (χ0v) is 24.5. The highest BCUT2D eigenvalue weighted by atomic mass is 32.2. The summed E-state index contributed by atoms with van der Waals surface area (Å²) >= 11 is 0. The minimum Gasteiger partial charge on any atom is -0.402 e. The van der Waals surface area contributed by atoms with Crippen LogP contribution >= 0.6 is 0 Å². The van der Waals surface area contributed by atoms with Crippen molar-refractivity contribution < 1.29 is 31.2 Å². The van der Waals surface area contributed by atoms with Gasteiger partial charge in [-0.3, -0.25) is 4.18 Å². The number of ether oxygens (including phenoxy) is 3. The molecule has 7 nitrogen and oxygen atoms in total. The summed E-state index contributed by atoms with van der Waals surface area (Å²) in [6, 6.07) is 20.9. The standard InChI is InChI=1S/C28H40O7SSi/c1-27(2,3)37(21-13-9-7-10-14-21,22-15-11-8-12-16-22)35-24-19-31-26(25-20-32-28(4,5)34-25)23(24)17-18-33-36(6,29)30/h7-16,23-26H,17-20H2,1-6H3/t23-,24-,25+,26-/m0/s1. The Morgan fingerprint density at radius 3 is 2.00 bits per heavy atom. The molecule has 0 saturated carbocycles. The molecular formula is C28H40O7SSi. The van der Waals surface area contributed by atoms with E-state index >= 15 is 0 Å². The Morgan fingerprint density at radius 2 is 1.54 bits per heavy atom. The highest BCUT2D eigenvalue weighted by molar-refractivity contribution is 7.85. The van der Waals surface area contributed by atoms with Gasteiger partial charge in [-0.2, -0.15) is 8.42 Å². The number of hydrogen-bond donors (Lipinski definition) is 0. The van der Waals surface area contributed by atoms with Gasteiger partial charge in [0.15, 0.2) is 5.79 Å². The Balaban J connectivity index is 1.72. The van der Waals surface area contributed by atoms with E-state index in [-0.39, 0.29) is 35.9 Å². The van der Waals surface area contributed by atoms with Gasteiger partial charge >= 0.3 is 0 Å². The average Bonchev–Trinajstić information content (AvgIpc) is 3.39. The lowest BCUT2D eigenvalue weighted by molar-refractivity contribution is -0.155. The molecular weight excluding hydrogens is 508 g/mol. The second-order valence-electron chi connectivity index (χ2n) is 11.5. The first-order valence-corrected chi connectivity index (χ1v) is 16.6. The van der Waals surface area contributed by atoms with Crippen molar-refractivity contribution in [3.8, 4) is 0 Å². The normalized spacial score (nSPS) is 26.4. The molecule has 2 aromatic carbocycles. The fourth-order valence-electron chi connectivity index (χ4n) is 5.65. The highest BCUT2D eigenvalue weighted by Gasteiger charge is 2.55. The van der Waals surface area contributed by atoms with Crippen molar-refractivity contribution in [1.29, 1.82) is 0 Å². The van der Waals surface area contributed by atoms with E-state index in [1.165, 1.54) is 10.4 Å². The van der Waals surface area contributed by atoms with Crippen molar-refractivity contribution in [2.45, 2.75) is 70.2 Å². The molecule has 204 valence electrons. The monoisotopic (exact) mass is 548 g/mol. The van der Waals surface area contributed by atoms with Crippen LogP contribution in [-0.4, -0.2) is 66.9 Å². The van der Waals surface area contributed by atoms with Crippen LogP contribution in [-0.2, 0) is 32.9 Å². The third kappa shape index (κ3) is 6.35. The smallest absolute Gasteiger partial charge is 0.264 e. The fourth-order valence-corrected chi connectivity index (χ4v) is 10.8. The van der Waals surface area contributed by atoms with Gasteiger partial charge in [-0.1, -0.05) is 81.4 Å². The maximum atomic E-state index is 11.7.